The summed E-state index contributed by atoms with van der Waals surface area (Å²) in [5.41, 5.74) is 0.615. The zero-order valence-corrected chi connectivity index (χ0v) is 10.2. The van der Waals surface area contributed by atoms with Crippen LogP contribution in [0.25, 0.3) is 0 Å². The van der Waals surface area contributed by atoms with Crippen LogP contribution in [0.5, 0.6) is 0 Å². The fourth-order valence-corrected chi connectivity index (χ4v) is 1.26. The summed E-state index contributed by atoms with van der Waals surface area (Å²) in [6.45, 7) is 5.76. The number of aryl methyl sites for hydroxylation is 1. The first kappa shape index (κ1) is 13.4. The van der Waals surface area contributed by atoms with E-state index in [0.717, 1.165) is 0 Å². The van der Waals surface area contributed by atoms with Gasteiger partial charge in [0.1, 0.15) is 0 Å². The Balaban J connectivity index is 2.82. The molecule has 1 aromatic rings. The Kier molecular flexibility index (Phi) is 4.39. The molecule has 0 aliphatic heterocycles. The van der Waals surface area contributed by atoms with Crippen molar-refractivity contribution in [2.24, 2.45) is 5.92 Å². The molecule has 1 atom stereocenters. The Labute approximate surface area is 99.8 Å². The molecule has 6 heteroatoms. The minimum atomic E-state index is -0.558. The van der Waals surface area contributed by atoms with E-state index in [1.54, 1.807) is 13.0 Å². The van der Waals surface area contributed by atoms with Crippen LogP contribution in [0.4, 0.5) is 11.5 Å². The molecule has 1 rings (SSSR count). The monoisotopic (exact) mass is 239 g/mol. The predicted molar refractivity (Wildman–Crippen MR) is 65.0 cm³/mol. The molecule has 1 aromatic heterocycles. The van der Waals surface area contributed by atoms with Crippen molar-refractivity contribution in [3.8, 4) is 0 Å². The molecule has 1 unspecified atom stereocenters. The molecule has 0 radical (unpaired) electrons. The predicted octanol–water partition coefficient (Wildman–Crippen LogP) is 1.73. The fraction of sp³-hybridized carbons (Fsp3) is 0.545. The SMILES string of the molecule is Cc1ccc([N+](=O)[O-])c(NCC(O)C(C)C)n1. The number of pyridine rings is 1. The maximum absolute atomic E-state index is 10.8. The van der Waals surface area contributed by atoms with Gasteiger partial charge in [-0.25, -0.2) is 4.98 Å². The third-order valence-electron chi connectivity index (χ3n) is 2.46. The van der Waals surface area contributed by atoms with Crippen molar-refractivity contribution in [1.29, 1.82) is 0 Å². The summed E-state index contributed by atoms with van der Waals surface area (Å²) in [7, 11) is 0. The van der Waals surface area contributed by atoms with E-state index in [9.17, 15) is 15.2 Å². The van der Waals surface area contributed by atoms with Crippen molar-refractivity contribution >= 4 is 11.5 Å². The standard InChI is InChI=1S/C11H17N3O3/c1-7(2)10(15)6-12-11-9(14(16)17)5-4-8(3)13-11/h4-5,7,10,15H,6H2,1-3H3,(H,12,13). The van der Waals surface area contributed by atoms with Gasteiger partial charge in [0.25, 0.3) is 0 Å². The maximum Gasteiger partial charge on any atom is 0.311 e. The minimum absolute atomic E-state index is 0.0773. The van der Waals surface area contributed by atoms with E-state index in [2.05, 4.69) is 10.3 Å². The molecular formula is C11H17N3O3. The van der Waals surface area contributed by atoms with E-state index in [1.807, 2.05) is 13.8 Å². The van der Waals surface area contributed by atoms with Crippen molar-refractivity contribution in [2.45, 2.75) is 26.9 Å². The van der Waals surface area contributed by atoms with Gasteiger partial charge in [0, 0.05) is 18.3 Å². The molecule has 2 N–H and O–H groups in total. The average molecular weight is 239 g/mol. The second-order valence-corrected chi connectivity index (χ2v) is 4.27. The molecule has 1 heterocycles. The maximum atomic E-state index is 10.8. The second kappa shape index (κ2) is 5.58. The summed E-state index contributed by atoms with van der Waals surface area (Å²) in [5, 5.41) is 23.2. The van der Waals surface area contributed by atoms with Gasteiger partial charge in [-0.15, -0.1) is 0 Å². The van der Waals surface area contributed by atoms with Crippen LogP contribution in [0.15, 0.2) is 12.1 Å². The van der Waals surface area contributed by atoms with Crippen LogP contribution in [0, 0.1) is 23.0 Å². The Bertz CT molecular complexity index is 407. The molecule has 0 saturated carbocycles. The third-order valence-corrected chi connectivity index (χ3v) is 2.46. The van der Waals surface area contributed by atoms with Gasteiger partial charge in [0.05, 0.1) is 11.0 Å². The van der Waals surface area contributed by atoms with Crippen LogP contribution < -0.4 is 5.32 Å². The third kappa shape index (κ3) is 3.67. The summed E-state index contributed by atoms with van der Waals surface area (Å²) in [6.07, 6.45) is -0.558. The lowest BCUT2D eigenvalue weighted by atomic mass is 10.1. The molecule has 17 heavy (non-hydrogen) atoms. The first-order valence-electron chi connectivity index (χ1n) is 5.45. The fourth-order valence-electron chi connectivity index (χ4n) is 1.26. The molecule has 0 bridgehead atoms. The number of aliphatic hydroxyl groups is 1. The lowest BCUT2D eigenvalue weighted by molar-refractivity contribution is -0.384. The Hall–Kier alpha value is -1.69. The number of nitrogens with one attached hydrogen (secondary N) is 1. The van der Waals surface area contributed by atoms with Gasteiger partial charge >= 0.3 is 5.69 Å². The van der Waals surface area contributed by atoms with E-state index in [4.69, 9.17) is 0 Å². The molecule has 0 spiro atoms. The Morgan fingerprint density at radius 2 is 2.18 bits per heavy atom. The van der Waals surface area contributed by atoms with Crippen molar-refractivity contribution < 1.29 is 10.0 Å². The zero-order chi connectivity index (χ0) is 13.0. The van der Waals surface area contributed by atoms with Crippen LogP contribution in [0.2, 0.25) is 0 Å². The first-order valence-corrected chi connectivity index (χ1v) is 5.45. The second-order valence-electron chi connectivity index (χ2n) is 4.27. The average Bonchev–Trinajstić information content (AvgIpc) is 2.25. The van der Waals surface area contributed by atoms with Gasteiger partial charge in [-0.2, -0.15) is 0 Å². The summed E-state index contributed by atoms with van der Waals surface area (Å²) in [5.74, 6) is 0.293. The lowest BCUT2D eigenvalue weighted by Crippen LogP contribution is -2.25. The number of aliphatic hydroxyl groups excluding tert-OH is 1. The normalized spacial score (nSPS) is 12.5. The zero-order valence-electron chi connectivity index (χ0n) is 10.2. The van der Waals surface area contributed by atoms with Crippen molar-refractivity contribution in [2.75, 3.05) is 11.9 Å². The van der Waals surface area contributed by atoms with E-state index < -0.39 is 11.0 Å². The highest BCUT2D eigenvalue weighted by Crippen LogP contribution is 2.21. The molecule has 0 aromatic carbocycles. The van der Waals surface area contributed by atoms with Gasteiger partial charge in [-0.05, 0) is 18.9 Å². The lowest BCUT2D eigenvalue weighted by Gasteiger charge is -2.15. The van der Waals surface area contributed by atoms with Crippen LogP contribution in [-0.4, -0.2) is 27.7 Å². The van der Waals surface area contributed by atoms with Gasteiger partial charge in [0.15, 0.2) is 0 Å². The molecular weight excluding hydrogens is 222 g/mol. The molecule has 6 nitrogen and oxygen atoms in total. The van der Waals surface area contributed by atoms with E-state index >= 15 is 0 Å². The van der Waals surface area contributed by atoms with Crippen molar-refractivity contribution in [3.63, 3.8) is 0 Å². The Morgan fingerprint density at radius 1 is 1.53 bits per heavy atom. The van der Waals surface area contributed by atoms with Crippen LogP contribution in [-0.2, 0) is 0 Å². The minimum Gasteiger partial charge on any atom is -0.391 e. The number of nitro groups is 1. The van der Waals surface area contributed by atoms with Crippen molar-refractivity contribution in [1.82, 2.24) is 4.98 Å². The van der Waals surface area contributed by atoms with Gasteiger partial charge < -0.3 is 10.4 Å². The topological polar surface area (TPSA) is 88.3 Å². The number of hydrogen-bond acceptors (Lipinski definition) is 5. The van der Waals surface area contributed by atoms with Crippen molar-refractivity contribution in [3.05, 3.63) is 27.9 Å². The van der Waals surface area contributed by atoms with Crippen LogP contribution in [0.1, 0.15) is 19.5 Å². The number of hydrogen-bond donors (Lipinski definition) is 2. The number of anilines is 1. The molecule has 0 amide bonds. The molecule has 94 valence electrons. The molecule has 0 fully saturated rings. The number of nitrogens with zero attached hydrogens (tertiary/aromatic N) is 2. The number of rotatable bonds is 5. The van der Waals surface area contributed by atoms with Gasteiger partial charge in [-0.1, -0.05) is 13.8 Å². The highest BCUT2D eigenvalue weighted by Gasteiger charge is 2.17. The van der Waals surface area contributed by atoms with E-state index in [-0.39, 0.29) is 24.0 Å². The highest BCUT2D eigenvalue weighted by molar-refractivity contribution is 5.56. The smallest absolute Gasteiger partial charge is 0.311 e. The number of aromatic nitrogens is 1. The molecule has 0 saturated heterocycles. The molecule has 0 aliphatic rings. The summed E-state index contributed by atoms with van der Waals surface area (Å²) in [4.78, 5) is 14.3. The highest BCUT2D eigenvalue weighted by atomic mass is 16.6. The van der Waals surface area contributed by atoms with Crippen LogP contribution >= 0.6 is 0 Å². The summed E-state index contributed by atoms with van der Waals surface area (Å²) < 4.78 is 0. The quantitative estimate of drug-likeness (QED) is 0.603. The van der Waals surface area contributed by atoms with Gasteiger partial charge in [-0.3, -0.25) is 10.1 Å². The van der Waals surface area contributed by atoms with Crippen LogP contribution in [0.3, 0.4) is 0 Å². The Morgan fingerprint density at radius 3 is 2.71 bits per heavy atom. The van der Waals surface area contributed by atoms with E-state index in [0.29, 0.717) is 5.69 Å². The van der Waals surface area contributed by atoms with Gasteiger partial charge in [0.2, 0.25) is 5.82 Å². The summed E-state index contributed by atoms with van der Waals surface area (Å²) >= 11 is 0. The first-order chi connectivity index (χ1) is 7.91. The van der Waals surface area contributed by atoms with E-state index in [1.165, 1.54) is 6.07 Å². The summed E-state index contributed by atoms with van der Waals surface area (Å²) in [6, 6.07) is 2.99. The largest absolute Gasteiger partial charge is 0.391 e. The molecule has 0 aliphatic carbocycles.